The molecule has 0 bridgehead atoms. The highest BCUT2D eigenvalue weighted by molar-refractivity contribution is 7.91. The van der Waals surface area contributed by atoms with Crippen molar-refractivity contribution in [3.63, 3.8) is 0 Å². The van der Waals surface area contributed by atoms with Crippen molar-refractivity contribution in [1.82, 2.24) is 5.32 Å². The lowest BCUT2D eigenvalue weighted by molar-refractivity contribution is -0.124. The van der Waals surface area contributed by atoms with Crippen molar-refractivity contribution in [2.75, 3.05) is 18.6 Å². The molecule has 132 valence electrons. The van der Waals surface area contributed by atoms with Crippen molar-refractivity contribution in [2.24, 2.45) is 5.92 Å². The van der Waals surface area contributed by atoms with Crippen LogP contribution in [0.4, 0.5) is 0 Å². The molecular weight excluding hydrogens is 338 g/mol. The molecule has 1 aliphatic heterocycles. The van der Waals surface area contributed by atoms with Crippen LogP contribution in [0, 0.1) is 5.92 Å². The lowest BCUT2D eigenvalue weighted by Gasteiger charge is -2.22. The van der Waals surface area contributed by atoms with Gasteiger partial charge < -0.3 is 10.1 Å². The van der Waals surface area contributed by atoms with Crippen molar-refractivity contribution < 1.29 is 17.9 Å². The molecular formula is C19H21NO4S. The quantitative estimate of drug-likeness (QED) is 0.889. The van der Waals surface area contributed by atoms with Gasteiger partial charge in [0.1, 0.15) is 5.75 Å². The molecule has 6 heteroatoms. The summed E-state index contributed by atoms with van der Waals surface area (Å²) in [6, 6.07) is 16.8. The molecule has 0 unspecified atom stereocenters. The first-order valence-electron chi connectivity index (χ1n) is 8.18. The second-order valence-corrected chi connectivity index (χ2v) is 8.45. The number of hydrogen-bond donors (Lipinski definition) is 1. The van der Waals surface area contributed by atoms with Gasteiger partial charge in [0.2, 0.25) is 5.91 Å². The van der Waals surface area contributed by atoms with Gasteiger partial charge in [0.25, 0.3) is 0 Å². The van der Waals surface area contributed by atoms with Crippen LogP contribution in [0.25, 0.3) is 0 Å². The molecule has 3 rings (SSSR count). The number of carbonyl (C=O) groups excluding carboxylic acids is 1. The first-order chi connectivity index (χ1) is 12.0. The van der Waals surface area contributed by atoms with Gasteiger partial charge in [-0.1, -0.05) is 42.5 Å². The van der Waals surface area contributed by atoms with E-state index >= 15 is 0 Å². The summed E-state index contributed by atoms with van der Waals surface area (Å²) in [5, 5.41) is 3.02. The van der Waals surface area contributed by atoms with E-state index in [4.69, 9.17) is 4.74 Å². The summed E-state index contributed by atoms with van der Waals surface area (Å²) in [5.74, 6) is 0.0658. The van der Waals surface area contributed by atoms with Crippen molar-refractivity contribution in [1.29, 1.82) is 0 Å². The van der Waals surface area contributed by atoms with Gasteiger partial charge in [-0.2, -0.15) is 0 Å². The Labute approximate surface area is 147 Å². The molecule has 2 atom stereocenters. The fourth-order valence-electron chi connectivity index (χ4n) is 3.06. The average Bonchev–Trinajstić information content (AvgIpc) is 3.00. The maximum Gasteiger partial charge on any atom is 0.224 e. The molecule has 2 aromatic rings. The van der Waals surface area contributed by atoms with E-state index in [1.165, 1.54) is 0 Å². The first kappa shape index (κ1) is 17.5. The lowest BCUT2D eigenvalue weighted by Crippen LogP contribution is -2.35. The molecule has 1 amide bonds. The molecule has 25 heavy (non-hydrogen) atoms. The van der Waals surface area contributed by atoms with Crippen LogP contribution in [0.1, 0.15) is 23.6 Å². The summed E-state index contributed by atoms with van der Waals surface area (Å²) in [4.78, 5) is 12.6. The largest absolute Gasteiger partial charge is 0.497 e. The second kappa shape index (κ2) is 7.27. The summed E-state index contributed by atoms with van der Waals surface area (Å²) >= 11 is 0. The number of ether oxygens (including phenoxy) is 1. The Bertz CT molecular complexity index is 831. The molecule has 0 radical (unpaired) electrons. The lowest BCUT2D eigenvalue weighted by atomic mass is 9.97. The van der Waals surface area contributed by atoms with Crippen molar-refractivity contribution in [3.05, 3.63) is 65.7 Å². The Morgan fingerprint density at radius 1 is 1.08 bits per heavy atom. The number of nitrogens with one attached hydrogen (secondary N) is 1. The van der Waals surface area contributed by atoms with Crippen molar-refractivity contribution in [3.8, 4) is 5.75 Å². The van der Waals surface area contributed by atoms with Gasteiger partial charge in [0.15, 0.2) is 9.84 Å². The van der Waals surface area contributed by atoms with Crippen molar-refractivity contribution >= 4 is 15.7 Å². The van der Waals surface area contributed by atoms with Gasteiger partial charge in [-0.25, -0.2) is 8.42 Å². The van der Waals surface area contributed by atoms with Crippen LogP contribution in [-0.4, -0.2) is 32.9 Å². The third-order valence-electron chi connectivity index (χ3n) is 4.47. The zero-order valence-corrected chi connectivity index (χ0v) is 14.8. The summed E-state index contributed by atoms with van der Waals surface area (Å²) in [7, 11) is -1.49. The van der Waals surface area contributed by atoms with Gasteiger partial charge in [0.05, 0.1) is 30.6 Å². The Morgan fingerprint density at radius 3 is 2.28 bits per heavy atom. The highest BCUT2D eigenvalue weighted by atomic mass is 32.2. The van der Waals surface area contributed by atoms with Crippen LogP contribution in [0.15, 0.2) is 54.6 Å². The van der Waals surface area contributed by atoms with E-state index in [0.717, 1.165) is 16.9 Å². The van der Waals surface area contributed by atoms with Gasteiger partial charge >= 0.3 is 0 Å². The monoisotopic (exact) mass is 359 g/mol. The molecule has 0 aromatic heterocycles. The molecule has 1 N–H and O–H groups in total. The fourth-order valence-corrected chi connectivity index (χ4v) is 4.80. The first-order valence-corrected chi connectivity index (χ1v) is 10.0. The van der Waals surface area contributed by atoms with E-state index in [0.29, 0.717) is 6.42 Å². The number of hydrogen-bond acceptors (Lipinski definition) is 4. The highest BCUT2D eigenvalue weighted by Gasteiger charge is 2.34. The summed E-state index contributed by atoms with van der Waals surface area (Å²) < 4.78 is 28.5. The Balaban J connectivity index is 1.85. The maximum atomic E-state index is 12.6. The van der Waals surface area contributed by atoms with E-state index in [1.807, 2.05) is 54.6 Å². The van der Waals surface area contributed by atoms with Crippen LogP contribution in [0.5, 0.6) is 5.75 Å². The second-order valence-electron chi connectivity index (χ2n) is 6.23. The minimum Gasteiger partial charge on any atom is -0.497 e. The minimum absolute atomic E-state index is 0.0665. The fraction of sp³-hybridized carbons (Fsp3) is 0.316. The highest BCUT2D eigenvalue weighted by Crippen LogP contribution is 2.26. The van der Waals surface area contributed by atoms with E-state index in [1.54, 1.807) is 7.11 Å². The number of rotatable bonds is 5. The zero-order chi connectivity index (χ0) is 17.9. The van der Waals surface area contributed by atoms with Crippen LogP contribution in [0.2, 0.25) is 0 Å². The molecule has 2 aromatic carbocycles. The topological polar surface area (TPSA) is 72.5 Å². The normalized spacial score (nSPS) is 20.0. The standard InChI is InChI=1S/C19H21NO4S/c1-24-17-9-7-15(8-10-17)18(14-5-3-2-4-6-14)20-19(21)16-11-12-25(22,23)13-16/h2-10,16,18H,11-13H2,1H3,(H,20,21)/t16-,18-/m1/s1. The molecule has 0 saturated carbocycles. The number of methoxy groups -OCH3 is 1. The van der Waals surface area contributed by atoms with E-state index in [-0.39, 0.29) is 23.5 Å². The van der Waals surface area contributed by atoms with E-state index in [2.05, 4.69) is 5.32 Å². The smallest absolute Gasteiger partial charge is 0.224 e. The number of amides is 1. The summed E-state index contributed by atoms with van der Waals surface area (Å²) in [5.41, 5.74) is 1.86. The van der Waals surface area contributed by atoms with Crippen LogP contribution >= 0.6 is 0 Å². The predicted molar refractivity (Wildman–Crippen MR) is 96.2 cm³/mol. The molecule has 5 nitrogen and oxygen atoms in total. The Kier molecular flexibility index (Phi) is 5.08. The number of benzene rings is 2. The van der Waals surface area contributed by atoms with Gasteiger partial charge in [0, 0.05) is 0 Å². The zero-order valence-electron chi connectivity index (χ0n) is 14.0. The van der Waals surface area contributed by atoms with E-state index < -0.39 is 15.8 Å². The van der Waals surface area contributed by atoms with Gasteiger partial charge in [-0.05, 0) is 29.7 Å². The van der Waals surface area contributed by atoms with E-state index in [9.17, 15) is 13.2 Å². The van der Waals surface area contributed by atoms with Crippen LogP contribution in [0.3, 0.4) is 0 Å². The predicted octanol–water partition coefficient (Wildman–Crippen LogP) is 2.34. The summed E-state index contributed by atoms with van der Waals surface area (Å²) in [6.07, 6.45) is 0.387. The third kappa shape index (κ3) is 4.20. The number of carbonyl (C=O) groups is 1. The molecule has 0 aliphatic carbocycles. The molecule has 1 heterocycles. The minimum atomic E-state index is -3.09. The maximum absolute atomic E-state index is 12.6. The Morgan fingerprint density at radius 2 is 1.72 bits per heavy atom. The van der Waals surface area contributed by atoms with Gasteiger partial charge in [-0.15, -0.1) is 0 Å². The molecule has 1 fully saturated rings. The SMILES string of the molecule is COc1ccc([C@H](NC(=O)[C@@H]2CCS(=O)(=O)C2)c2ccccc2)cc1. The van der Waals surface area contributed by atoms with Gasteiger partial charge in [-0.3, -0.25) is 4.79 Å². The Hall–Kier alpha value is -2.34. The van der Waals surface area contributed by atoms with Crippen LogP contribution in [-0.2, 0) is 14.6 Å². The molecule has 1 aliphatic rings. The third-order valence-corrected chi connectivity index (χ3v) is 6.24. The van der Waals surface area contributed by atoms with Crippen molar-refractivity contribution in [2.45, 2.75) is 12.5 Å². The summed E-state index contributed by atoms with van der Waals surface area (Å²) in [6.45, 7) is 0. The molecule has 1 saturated heterocycles. The number of sulfone groups is 1. The van der Waals surface area contributed by atoms with Crippen LogP contribution < -0.4 is 10.1 Å². The molecule has 0 spiro atoms. The average molecular weight is 359 g/mol.